The minimum atomic E-state index is -0.133. The third-order valence-electron chi connectivity index (χ3n) is 3.36. The van der Waals surface area contributed by atoms with E-state index in [4.69, 9.17) is 4.74 Å². The van der Waals surface area contributed by atoms with Crippen LogP contribution in [0.4, 0.5) is 0 Å². The van der Waals surface area contributed by atoms with Crippen LogP contribution in [0.1, 0.15) is 6.92 Å². The maximum absolute atomic E-state index is 11.4. The van der Waals surface area contributed by atoms with Crippen molar-refractivity contribution in [3.8, 4) is 0 Å². The van der Waals surface area contributed by atoms with Crippen molar-refractivity contribution in [3.05, 3.63) is 0 Å². The minimum Gasteiger partial charge on any atom is -0.468 e. The standard InChI is InChI=1S/C12H25N3O2/c1-11(12(16)17-4)15-9-7-14(8-10-15)6-5-13(2)3/h11H,5-10H2,1-4H3. The Morgan fingerprint density at radius 3 is 2.35 bits per heavy atom. The molecule has 0 aromatic rings. The van der Waals surface area contributed by atoms with E-state index >= 15 is 0 Å². The van der Waals surface area contributed by atoms with E-state index in [1.54, 1.807) is 0 Å². The van der Waals surface area contributed by atoms with Crippen LogP contribution >= 0.6 is 0 Å². The van der Waals surface area contributed by atoms with Gasteiger partial charge in [-0.05, 0) is 21.0 Å². The van der Waals surface area contributed by atoms with Gasteiger partial charge in [-0.1, -0.05) is 0 Å². The lowest BCUT2D eigenvalue weighted by molar-refractivity contribution is -0.147. The number of hydrogen-bond donors (Lipinski definition) is 0. The number of esters is 1. The van der Waals surface area contributed by atoms with Gasteiger partial charge in [-0.3, -0.25) is 14.6 Å². The Kier molecular flexibility index (Phi) is 5.88. The summed E-state index contributed by atoms with van der Waals surface area (Å²) >= 11 is 0. The number of carbonyl (C=O) groups is 1. The highest BCUT2D eigenvalue weighted by Gasteiger charge is 2.25. The second kappa shape index (κ2) is 6.93. The molecule has 1 atom stereocenters. The molecule has 1 saturated heterocycles. The summed E-state index contributed by atoms with van der Waals surface area (Å²) in [6.45, 7) is 8.08. The van der Waals surface area contributed by atoms with Gasteiger partial charge >= 0.3 is 5.97 Å². The molecule has 0 aromatic carbocycles. The highest BCUT2D eigenvalue weighted by atomic mass is 16.5. The van der Waals surface area contributed by atoms with Crippen molar-refractivity contribution in [2.24, 2.45) is 0 Å². The van der Waals surface area contributed by atoms with E-state index < -0.39 is 0 Å². The summed E-state index contributed by atoms with van der Waals surface area (Å²) in [7, 11) is 5.64. The van der Waals surface area contributed by atoms with Gasteiger partial charge in [-0.2, -0.15) is 0 Å². The summed E-state index contributed by atoms with van der Waals surface area (Å²) in [5.74, 6) is -0.133. The average molecular weight is 243 g/mol. The zero-order valence-electron chi connectivity index (χ0n) is 11.5. The maximum Gasteiger partial charge on any atom is 0.322 e. The second-order valence-corrected chi connectivity index (χ2v) is 4.88. The van der Waals surface area contributed by atoms with Crippen molar-refractivity contribution in [3.63, 3.8) is 0 Å². The highest BCUT2D eigenvalue weighted by Crippen LogP contribution is 2.07. The Labute approximate surface area is 104 Å². The van der Waals surface area contributed by atoms with E-state index in [1.165, 1.54) is 7.11 Å². The highest BCUT2D eigenvalue weighted by molar-refractivity contribution is 5.75. The van der Waals surface area contributed by atoms with Gasteiger partial charge in [-0.15, -0.1) is 0 Å². The predicted octanol–water partition coefficient (Wildman–Crippen LogP) is -0.273. The molecule has 1 aliphatic rings. The first kappa shape index (κ1) is 14.4. The smallest absolute Gasteiger partial charge is 0.322 e. The Bertz CT molecular complexity index is 238. The monoisotopic (exact) mass is 243 g/mol. The summed E-state index contributed by atoms with van der Waals surface area (Å²) in [6.07, 6.45) is 0. The van der Waals surface area contributed by atoms with Crippen LogP contribution in [0.5, 0.6) is 0 Å². The fourth-order valence-electron chi connectivity index (χ4n) is 2.04. The van der Waals surface area contributed by atoms with Crippen LogP contribution in [0.25, 0.3) is 0 Å². The van der Waals surface area contributed by atoms with Gasteiger partial charge in [0.1, 0.15) is 6.04 Å². The summed E-state index contributed by atoms with van der Waals surface area (Å²) in [4.78, 5) is 18.3. The Hall–Kier alpha value is -0.650. The molecule has 5 heteroatoms. The number of nitrogens with zero attached hydrogens (tertiary/aromatic N) is 3. The van der Waals surface area contributed by atoms with Crippen LogP contribution in [-0.2, 0) is 9.53 Å². The molecule has 100 valence electrons. The van der Waals surface area contributed by atoms with E-state index in [-0.39, 0.29) is 12.0 Å². The molecule has 0 N–H and O–H groups in total. The van der Waals surface area contributed by atoms with Crippen LogP contribution in [0.2, 0.25) is 0 Å². The van der Waals surface area contributed by atoms with Gasteiger partial charge in [0.05, 0.1) is 7.11 Å². The van der Waals surface area contributed by atoms with Crippen LogP contribution in [0.3, 0.4) is 0 Å². The summed E-state index contributed by atoms with van der Waals surface area (Å²) in [6, 6.07) is -0.115. The molecule has 0 spiro atoms. The Balaban J connectivity index is 2.28. The Morgan fingerprint density at radius 1 is 1.29 bits per heavy atom. The molecule has 0 aliphatic carbocycles. The lowest BCUT2D eigenvalue weighted by atomic mass is 10.2. The van der Waals surface area contributed by atoms with Crippen molar-refractivity contribution in [1.82, 2.24) is 14.7 Å². The second-order valence-electron chi connectivity index (χ2n) is 4.88. The van der Waals surface area contributed by atoms with Gasteiger partial charge in [0.15, 0.2) is 0 Å². The van der Waals surface area contributed by atoms with Crippen LogP contribution in [0.15, 0.2) is 0 Å². The molecule has 1 heterocycles. The third kappa shape index (κ3) is 4.61. The zero-order valence-corrected chi connectivity index (χ0v) is 11.5. The topological polar surface area (TPSA) is 36.0 Å². The van der Waals surface area contributed by atoms with Crippen LogP contribution in [0, 0.1) is 0 Å². The van der Waals surface area contributed by atoms with Gasteiger partial charge in [0, 0.05) is 39.3 Å². The molecule has 0 saturated carbocycles. The average Bonchev–Trinajstić information content (AvgIpc) is 2.35. The molecular weight excluding hydrogens is 218 g/mol. The number of hydrogen-bond acceptors (Lipinski definition) is 5. The Morgan fingerprint density at radius 2 is 1.88 bits per heavy atom. The normalized spacial score (nSPS) is 20.5. The summed E-state index contributed by atoms with van der Waals surface area (Å²) in [5, 5.41) is 0. The predicted molar refractivity (Wildman–Crippen MR) is 68.0 cm³/mol. The van der Waals surface area contributed by atoms with Crippen molar-refractivity contribution in [1.29, 1.82) is 0 Å². The van der Waals surface area contributed by atoms with Crippen molar-refractivity contribution >= 4 is 5.97 Å². The van der Waals surface area contributed by atoms with Gasteiger partial charge in [0.2, 0.25) is 0 Å². The summed E-state index contributed by atoms with van der Waals surface area (Å²) in [5.41, 5.74) is 0. The van der Waals surface area contributed by atoms with Gasteiger partial charge in [0.25, 0.3) is 0 Å². The van der Waals surface area contributed by atoms with Crippen LogP contribution < -0.4 is 0 Å². The van der Waals surface area contributed by atoms with E-state index in [1.807, 2.05) is 6.92 Å². The largest absolute Gasteiger partial charge is 0.468 e. The van der Waals surface area contributed by atoms with Gasteiger partial charge in [-0.25, -0.2) is 0 Å². The molecule has 1 rings (SSSR count). The number of likely N-dealkylation sites (N-methyl/N-ethyl adjacent to an activating group) is 1. The summed E-state index contributed by atoms with van der Waals surface area (Å²) < 4.78 is 4.77. The number of ether oxygens (including phenoxy) is 1. The molecule has 1 unspecified atom stereocenters. The molecule has 5 nitrogen and oxygen atoms in total. The molecule has 17 heavy (non-hydrogen) atoms. The fraction of sp³-hybridized carbons (Fsp3) is 0.917. The third-order valence-corrected chi connectivity index (χ3v) is 3.36. The molecule has 0 bridgehead atoms. The quantitative estimate of drug-likeness (QED) is 0.621. The number of rotatable bonds is 5. The van der Waals surface area contributed by atoms with Crippen LogP contribution in [-0.4, -0.2) is 87.2 Å². The van der Waals surface area contributed by atoms with Crippen molar-refractivity contribution in [2.45, 2.75) is 13.0 Å². The first-order chi connectivity index (χ1) is 8.04. The van der Waals surface area contributed by atoms with Crippen molar-refractivity contribution < 1.29 is 9.53 Å². The molecule has 0 amide bonds. The zero-order chi connectivity index (χ0) is 12.8. The molecule has 1 fully saturated rings. The minimum absolute atomic E-state index is 0.115. The van der Waals surface area contributed by atoms with E-state index in [9.17, 15) is 4.79 Å². The number of piperazine rings is 1. The molecular formula is C12H25N3O2. The molecule has 1 aliphatic heterocycles. The van der Waals surface area contributed by atoms with Crippen molar-refractivity contribution in [2.75, 3.05) is 60.5 Å². The van der Waals surface area contributed by atoms with E-state index in [0.29, 0.717) is 0 Å². The first-order valence-corrected chi connectivity index (χ1v) is 6.23. The number of carbonyl (C=O) groups excluding carboxylic acids is 1. The lowest BCUT2D eigenvalue weighted by Gasteiger charge is -2.37. The SMILES string of the molecule is COC(=O)C(C)N1CCN(CCN(C)C)CC1. The lowest BCUT2D eigenvalue weighted by Crippen LogP contribution is -2.52. The van der Waals surface area contributed by atoms with E-state index in [2.05, 4.69) is 28.8 Å². The molecule has 0 aromatic heterocycles. The first-order valence-electron chi connectivity index (χ1n) is 6.23. The van der Waals surface area contributed by atoms with Gasteiger partial charge < -0.3 is 9.64 Å². The van der Waals surface area contributed by atoms with E-state index in [0.717, 1.165) is 39.3 Å². The molecule has 0 radical (unpaired) electrons. The number of methoxy groups -OCH3 is 1. The fourth-order valence-corrected chi connectivity index (χ4v) is 2.04. The maximum atomic E-state index is 11.4.